The third-order valence-electron chi connectivity index (χ3n) is 3.94. The topological polar surface area (TPSA) is 35.8 Å². The van der Waals surface area contributed by atoms with Gasteiger partial charge in [0.1, 0.15) is 6.04 Å². The van der Waals surface area contributed by atoms with Crippen LogP contribution in [-0.2, 0) is 0 Å². The molecule has 3 aromatic rings. The minimum absolute atomic E-state index is 0.0895. The molecule has 0 saturated carbocycles. The number of hydrogen-bond acceptors (Lipinski definition) is 2. The Balaban J connectivity index is 1.98. The Morgan fingerprint density at radius 2 is 1.25 bits per heavy atom. The molecule has 0 aromatic heterocycles. The lowest BCUT2D eigenvalue weighted by Crippen LogP contribution is -2.26. The van der Waals surface area contributed by atoms with Crippen LogP contribution in [0.25, 0.3) is 0 Å². The molecule has 0 aliphatic heterocycles. The van der Waals surface area contributed by atoms with Crippen LogP contribution in [0.2, 0.25) is 5.02 Å². The summed E-state index contributed by atoms with van der Waals surface area (Å²) in [7, 11) is 0. The van der Waals surface area contributed by atoms with E-state index < -0.39 is 6.04 Å². The number of benzene rings is 3. The maximum atomic E-state index is 9.68. The maximum absolute atomic E-state index is 9.68. The number of hydrogen-bond donors (Lipinski definition) is 1. The molecule has 3 rings (SSSR count). The smallest absolute Gasteiger partial charge is 0.123 e. The second-order valence-electron chi connectivity index (χ2n) is 5.50. The number of rotatable bonds is 5. The molecule has 24 heavy (non-hydrogen) atoms. The third kappa shape index (κ3) is 3.65. The van der Waals surface area contributed by atoms with Gasteiger partial charge in [0.05, 0.1) is 12.1 Å². The van der Waals surface area contributed by atoms with Crippen LogP contribution in [0, 0.1) is 11.3 Å². The van der Waals surface area contributed by atoms with Gasteiger partial charge in [-0.2, -0.15) is 5.26 Å². The van der Waals surface area contributed by atoms with E-state index in [4.69, 9.17) is 11.6 Å². The molecule has 2 nitrogen and oxygen atoms in total. The predicted octanol–water partition coefficient (Wildman–Crippen LogP) is 5.28. The predicted molar refractivity (Wildman–Crippen MR) is 97.7 cm³/mol. The zero-order valence-electron chi connectivity index (χ0n) is 13.1. The van der Waals surface area contributed by atoms with Crippen molar-refractivity contribution in [3.63, 3.8) is 0 Å². The second-order valence-corrected chi connectivity index (χ2v) is 5.91. The maximum Gasteiger partial charge on any atom is 0.123 e. The van der Waals surface area contributed by atoms with Gasteiger partial charge < -0.3 is 0 Å². The zero-order chi connectivity index (χ0) is 16.8. The Kier molecular flexibility index (Phi) is 5.28. The van der Waals surface area contributed by atoms with Gasteiger partial charge >= 0.3 is 0 Å². The van der Waals surface area contributed by atoms with E-state index >= 15 is 0 Å². The minimum atomic E-state index is -0.496. The van der Waals surface area contributed by atoms with Crippen molar-refractivity contribution in [2.45, 2.75) is 12.1 Å². The van der Waals surface area contributed by atoms with E-state index in [-0.39, 0.29) is 6.04 Å². The van der Waals surface area contributed by atoms with Crippen molar-refractivity contribution in [2.24, 2.45) is 0 Å². The quantitative estimate of drug-likeness (QED) is 0.689. The standard InChI is InChI=1S/C21H17ClN2/c22-19-14-8-7-13-18(19)20(15-23)24-21(16-9-3-1-4-10-16)17-11-5-2-6-12-17/h1-14,20-21,24H/t20-/m0/s1. The van der Waals surface area contributed by atoms with Crippen LogP contribution in [0.4, 0.5) is 0 Å². The molecule has 0 aliphatic rings. The lowest BCUT2D eigenvalue weighted by atomic mass is 9.96. The van der Waals surface area contributed by atoms with E-state index in [1.807, 2.05) is 60.7 Å². The van der Waals surface area contributed by atoms with Crippen LogP contribution < -0.4 is 5.32 Å². The highest BCUT2D eigenvalue weighted by atomic mass is 35.5. The monoisotopic (exact) mass is 332 g/mol. The van der Waals surface area contributed by atoms with Gasteiger partial charge in [0.25, 0.3) is 0 Å². The van der Waals surface area contributed by atoms with Crippen molar-refractivity contribution >= 4 is 11.6 Å². The van der Waals surface area contributed by atoms with Gasteiger partial charge in [-0.1, -0.05) is 90.5 Å². The average Bonchev–Trinajstić information content (AvgIpc) is 2.65. The number of nitrogens with zero attached hydrogens (tertiary/aromatic N) is 1. The molecule has 0 aliphatic carbocycles. The molecule has 3 aromatic carbocycles. The molecular weight excluding hydrogens is 316 g/mol. The van der Waals surface area contributed by atoms with Crippen LogP contribution in [0.1, 0.15) is 28.8 Å². The number of nitriles is 1. The van der Waals surface area contributed by atoms with Gasteiger partial charge in [-0.05, 0) is 17.2 Å². The Bertz CT molecular complexity index is 786. The lowest BCUT2D eigenvalue weighted by Gasteiger charge is -2.23. The molecule has 118 valence electrons. The second kappa shape index (κ2) is 7.79. The molecule has 1 N–H and O–H groups in total. The normalized spacial score (nSPS) is 11.9. The molecule has 0 amide bonds. The van der Waals surface area contributed by atoms with Crippen molar-refractivity contribution in [1.29, 1.82) is 5.26 Å². The van der Waals surface area contributed by atoms with Gasteiger partial charge in [-0.3, -0.25) is 5.32 Å². The molecule has 0 fully saturated rings. The fourth-order valence-corrected chi connectivity index (χ4v) is 2.99. The molecule has 0 spiro atoms. The lowest BCUT2D eigenvalue weighted by molar-refractivity contribution is 0.559. The first-order chi connectivity index (χ1) is 11.8. The van der Waals surface area contributed by atoms with Gasteiger partial charge in [-0.15, -0.1) is 0 Å². The van der Waals surface area contributed by atoms with Crippen molar-refractivity contribution in [1.82, 2.24) is 5.32 Å². The molecule has 0 bridgehead atoms. The van der Waals surface area contributed by atoms with Gasteiger partial charge in [0.15, 0.2) is 0 Å². The summed E-state index contributed by atoms with van der Waals surface area (Å²) in [6.45, 7) is 0. The van der Waals surface area contributed by atoms with E-state index in [1.165, 1.54) is 0 Å². The Morgan fingerprint density at radius 3 is 1.75 bits per heavy atom. The highest BCUT2D eigenvalue weighted by Crippen LogP contribution is 2.28. The largest absolute Gasteiger partial charge is 0.287 e. The number of halogens is 1. The van der Waals surface area contributed by atoms with E-state index in [2.05, 4.69) is 35.7 Å². The highest BCUT2D eigenvalue weighted by molar-refractivity contribution is 6.31. The Morgan fingerprint density at radius 1 is 0.750 bits per heavy atom. The first-order valence-corrected chi connectivity index (χ1v) is 8.17. The first kappa shape index (κ1) is 16.3. The fraction of sp³-hybridized carbons (Fsp3) is 0.0952. The van der Waals surface area contributed by atoms with E-state index in [1.54, 1.807) is 0 Å². The fourth-order valence-electron chi connectivity index (χ4n) is 2.75. The van der Waals surface area contributed by atoms with Crippen LogP contribution in [-0.4, -0.2) is 0 Å². The van der Waals surface area contributed by atoms with Crippen molar-refractivity contribution in [2.75, 3.05) is 0 Å². The third-order valence-corrected chi connectivity index (χ3v) is 4.29. The highest BCUT2D eigenvalue weighted by Gasteiger charge is 2.21. The molecule has 0 heterocycles. The summed E-state index contributed by atoms with van der Waals surface area (Å²) < 4.78 is 0. The van der Waals surface area contributed by atoms with Crippen LogP contribution in [0.3, 0.4) is 0 Å². The Hall–Kier alpha value is -2.60. The summed E-state index contributed by atoms with van der Waals surface area (Å²) in [6.07, 6.45) is 0. The molecule has 0 unspecified atom stereocenters. The molecule has 1 atom stereocenters. The summed E-state index contributed by atoms with van der Waals surface area (Å²) in [5, 5.41) is 13.7. The summed E-state index contributed by atoms with van der Waals surface area (Å²) in [5.41, 5.74) is 3.01. The van der Waals surface area contributed by atoms with Crippen LogP contribution in [0.15, 0.2) is 84.9 Å². The van der Waals surface area contributed by atoms with Crippen molar-refractivity contribution < 1.29 is 0 Å². The Labute approximate surface area is 147 Å². The zero-order valence-corrected chi connectivity index (χ0v) is 13.8. The first-order valence-electron chi connectivity index (χ1n) is 7.79. The SMILES string of the molecule is N#C[C@H](NC(c1ccccc1)c1ccccc1)c1ccccc1Cl. The molecule has 3 heteroatoms. The van der Waals surface area contributed by atoms with Gasteiger partial charge in [-0.25, -0.2) is 0 Å². The molecule has 0 radical (unpaired) electrons. The minimum Gasteiger partial charge on any atom is -0.287 e. The molecular formula is C21H17ClN2. The van der Waals surface area contributed by atoms with E-state index in [0.717, 1.165) is 16.7 Å². The summed E-state index contributed by atoms with van der Waals surface area (Å²) in [6, 6.07) is 29.4. The summed E-state index contributed by atoms with van der Waals surface area (Å²) in [5.74, 6) is 0. The van der Waals surface area contributed by atoms with Gasteiger partial charge in [0.2, 0.25) is 0 Å². The van der Waals surface area contributed by atoms with E-state index in [9.17, 15) is 5.26 Å². The van der Waals surface area contributed by atoms with Crippen LogP contribution >= 0.6 is 11.6 Å². The number of nitrogens with one attached hydrogen (secondary N) is 1. The summed E-state index contributed by atoms with van der Waals surface area (Å²) >= 11 is 6.28. The van der Waals surface area contributed by atoms with Crippen LogP contribution in [0.5, 0.6) is 0 Å². The summed E-state index contributed by atoms with van der Waals surface area (Å²) in [4.78, 5) is 0. The van der Waals surface area contributed by atoms with E-state index in [0.29, 0.717) is 5.02 Å². The van der Waals surface area contributed by atoms with Gasteiger partial charge in [0, 0.05) is 10.6 Å². The average molecular weight is 333 g/mol. The van der Waals surface area contributed by atoms with Crippen molar-refractivity contribution in [3.8, 4) is 6.07 Å². The molecule has 0 saturated heterocycles. The van der Waals surface area contributed by atoms with Crippen molar-refractivity contribution in [3.05, 3.63) is 107 Å².